The Morgan fingerprint density at radius 2 is 0.678 bits per heavy atom. The lowest BCUT2D eigenvalue weighted by Crippen LogP contribution is -2.02. The van der Waals surface area contributed by atoms with E-state index in [1.54, 1.807) is 84.9 Å². The van der Waals surface area contributed by atoms with E-state index in [1.165, 1.54) is 5.56 Å². The molecule has 0 aromatic heterocycles. The standard InChI is InChI=1S/C44H34O6S2.C2H6.CH4O3S/c1-32-7-23-41(24-8-32)51(45,46)43-27-19-39(20-28-43)49-37-15-11-35(12-16-37)36-13-17-38(18-14-36)50-40-21-29-44(30-22-40)52(47,48)42-25-9-34(10-26-42)31-33-5-3-2-4-6-33;1-2;1-5(2,3)4/h2-30H,31H2,1H3;1-2H3;1H3,(H,2,3,4). The summed E-state index contributed by atoms with van der Waals surface area (Å²) in [5.41, 5.74) is 5.15. The average molecular weight is 849 g/mol. The molecule has 1 N–H and O–H groups in total. The van der Waals surface area contributed by atoms with Gasteiger partial charge in [-0.25, -0.2) is 16.8 Å². The zero-order chi connectivity index (χ0) is 42.6. The van der Waals surface area contributed by atoms with Crippen LogP contribution in [0.15, 0.2) is 196 Å². The van der Waals surface area contributed by atoms with Gasteiger partial charge >= 0.3 is 0 Å². The molecule has 0 spiro atoms. The Morgan fingerprint density at radius 3 is 1.02 bits per heavy atom. The predicted molar refractivity (Wildman–Crippen MR) is 232 cm³/mol. The maximum atomic E-state index is 13.3. The van der Waals surface area contributed by atoms with Crippen molar-refractivity contribution in [2.45, 2.75) is 46.8 Å². The topological polar surface area (TPSA) is 141 Å². The molecular formula is C47H44O9S3. The fourth-order valence-corrected chi connectivity index (χ4v) is 8.21. The summed E-state index contributed by atoms with van der Waals surface area (Å²) in [6.07, 6.45) is 1.45. The van der Waals surface area contributed by atoms with Crippen molar-refractivity contribution in [3.05, 3.63) is 193 Å². The van der Waals surface area contributed by atoms with Gasteiger partial charge in [-0.1, -0.05) is 98.3 Å². The van der Waals surface area contributed by atoms with Crippen LogP contribution in [-0.2, 0) is 36.2 Å². The van der Waals surface area contributed by atoms with Crippen LogP contribution in [0.2, 0.25) is 0 Å². The van der Waals surface area contributed by atoms with E-state index in [9.17, 15) is 25.3 Å². The molecule has 0 unspecified atom stereocenters. The summed E-state index contributed by atoms with van der Waals surface area (Å²) in [6, 6.07) is 51.8. The van der Waals surface area contributed by atoms with Crippen molar-refractivity contribution in [3.63, 3.8) is 0 Å². The molecule has 0 aliphatic rings. The molecule has 0 heterocycles. The summed E-state index contributed by atoms with van der Waals surface area (Å²) in [7, 11) is -11.0. The van der Waals surface area contributed by atoms with Crippen LogP contribution in [0.3, 0.4) is 0 Å². The molecule has 0 radical (unpaired) electrons. The fourth-order valence-electron chi connectivity index (χ4n) is 5.68. The highest BCUT2D eigenvalue weighted by Crippen LogP contribution is 2.31. The third-order valence-corrected chi connectivity index (χ3v) is 12.2. The van der Waals surface area contributed by atoms with E-state index >= 15 is 0 Å². The second-order valence-electron chi connectivity index (χ2n) is 13.1. The Balaban J connectivity index is 0.000000880. The van der Waals surface area contributed by atoms with Gasteiger partial charge in [0.2, 0.25) is 19.7 Å². The van der Waals surface area contributed by atoms with Gasteiger partial charge in [0.15, 0.2) is 0 Å². The highest BCUT2D eigenvalue weighted by atomic mass is 32.2. The van der Waals surface area contributed by atoms with Crippen molar-refractivity contribution in [1.29, 1.82) is 0 Å². The third kappa shape index (κ3) is 12.5. The van der Waals surface area contributed by atoms with Crippen LogP contribution >= 0.6 is 0 Å². The summed E-state index contributed by atoms with van der Waals surface area (Å²) in [5, 5.41) is 0. The molecule has 0 bridgehead atoms. The van der Waals surface area contributed by atoms with Gasteiger partial charge < -0.3 is 9.47 Å². The van der Waals surface area contributed by atoms with E-state index in [0.29, 0.717) is 29.3 Å². The van der Waals surface area contributed by atoms with Crippen molar-refractivity contribution in [2.75, 3.05) is 6.26 Å². The van der Waals surface area contributed by atoms with Crippen LogP contribution in [0.1, 0.15) is 30.5 Å². The number of aryl methyl sites for hydroxylation is 1. The Bertz CT molecular complexity index is 2750. The SMILES string of the molecule is CC.CS(=O)(=O)O.Cc1ccc(S(=O)(=O)c2ccc(Oc3ccc(-c4ccc(Oc5ccc(S(=O)(=O)c6ccc(Cc7ccccc7)cc6)cc5)cc4)cc3)cc2)cc1. The lowest BCUT2D eigenvalue weighted by atomic mass is 10.1. The lowest BCUT2D eigenvalue weighted by Gasteiger charge is -2.10. The summed E-state index contributed by atoms with van der Waals surface area (Å²) in [4.78, 5) is 0.893. The third-order valence-electron chi connectivity index (χ3n) is 8.60. The Kier molecular flexibility index (Phi) is 14.6. The maximum absolute atomic E-state index is 13.3. The quantitative estimate of drug-likeness (QED) is 0.126. The number of benzene rings is 7. The van der Waals surface area contributed by atoms with E-state index in [4.69, 9.17) is 14.0 Å². The monoisotopic (exact) mass is 848 g/mol. The number of hydrogen-bond donors (Lipinski definition) is 1. The minimum absolute atomic E-state index is 0.196. The molecule has 304 valence electrons. The normalized spacial score (nSPS) is 11.3. The van der Waals surface area contributed by atoms with E-state index in [-0.39, 0.29) is 19.6 Å². The zero-order valence-corrected chi connectivity index (χ0v) is 35.3. The molecule has 7 rings (SSSR count). The fraction of sp³-hybridized carbons (Fsp3) is 0.106. The molecule has 0 aliphatic heterocycles. The van der Waals surface area contributed by atoms with E-state index in [0.717, 1.165) is 28.7 Å². The number of rotatable bonds is 11. The first kappa shape index (κ1) is 44.1. The molecule has 12 heteroatoms. The van der Waals surface area contributed by atoms with Gasteiger partial charge in [-0.3, -0.25) is 4.55 Å². The van der Waals surface area contributed by atoms with Crippen LogP contribution < -0.4 is 9.47 Å². The number of ether oxygens (including phenoxy) is 2. The van der Waals surface area contributed by atoms with Gasteiger partial charge in [-0.15, -0.1) is 0 Å². The smallest absolute Gasteiger partial charge is 0.261 e. The van der Waals surface area contributed by atoms with Gasteiger partial charge in [0.25, 0.3) is 10.1 Å². The first-order valence-electron chi connectivity index (χ1n) is 18.5. The van der Waals surface area contributed by atoms with Crippen molar-refractivity contribution in [3.8, 4) is 34.1 Å². The van der Waals surface area contributed by atoms with Gasteiger partial charge in [-0.2, -0.15) is 8.42 Å². The van der Waals surface area contributed by atoms with Crippen molar-refractivity contribution in [1.82, 2.24) is 0 Å². The lowest BCUT2D eigenvalue weighted by molar-refractivity contribution is 0.481. The molecule has 0 atom stereocenters. The van der Waals surface area contributed by atoms with Crippen molar-refractivity contribution in [2.24, 2.45) is 0 Å². The van der Waals surface area contributed by atoms with E-state index in [1.807, 2.05) is 112 Å². The van der Waals surface area contributed by atoms with E-state index < -0.39 is 29.8 Å². The van der Waals surface area contributed by atoms with Crippen molar-refractivity contribution < 1.29 is 39.3 Å². The molecule has 7 aromatic rings. The van der Waals surface area contributed by atoms with Crippen LogP contribution in [0, 0.1) is 6.92 Å². The highest BCUT2D eigenvalue weighted by Gasteiger charge is 2.19. The van der Waals surface area contributed by atoms with Gasteiger partial charge in [0.1, 0.15) is 23.0 Å². The van der Waals surface area contributed by atoms with Gasteiger partial charge in [0.05, 0.1) is 25.8 Å². The molecule has 0 aliphatic carbocycles. The predicted octanol–water partition coefficient (Wildman–Crippen LogP) is 11.0. The Labute approximate surface area is 347 Å². The minimum atomic E-state index is -3.68. The zero-order valence-electron chi connectivity index (χ0n) is 32.9. The van der Waals surface area contributed by atoms with Crippen LogP contribution in [0.25, 0.3) is 11.1 Å². The average Bonchev–Trinajstić information content (AvgIpc) is 3.23. The summed E-state index contributed by atoms with van der Waals surface area (Å²) < 4.78 is 90.4. The molecule has 7 aromatic carbocycles. The highest BCUT2D eigenvalue weighted by molar-refractivity contribution is 7.91. The molecule has 0 fully saturated rings. The van der Waals surface area contributed by atoms with Gasteiger partial charge in [0, 0.05) is 0 Å². The minimum Gasteiger partial charge on any atom is -0.457 e. The molecule has 59 heavy (non-hydrogen) atoms. The second kappa shape index (κ2) is 19.6. The van der Waals surface area contributed by atoms with Crippen molar-refractivity contribution >= 4 is 29.8 Å². The van der Waals surface area contributed by atoms with Crippen LogP contribution in [-0.4, -0.2) is 36.1 Å². The molecule has 9 nitrogen and oxygen atoms in total. The molecule has 0 saturated carbocycles. The van der Waals surface area contributed by atoms with Crippen LogP contribution in [0.4, 0.5) is 0 Å². The number of sulfone groups is 2. The second-order valence-corrected chi connectivity index (χ2v) is 18.4. The molecule has 0 amide bonds. The Hall–Kier alpha value is -6.05. The first-order chi connectivity index (χ1) is 28.1. The van der Waals surface area contributed by atoms with Gasteiger partial charge in [-0.05, 0) is 133 Å². The first-order valence-corrected chi connectivity index (χ1v) is 23.3. The summed E-state index contributed by atoms with van der Waals surface area (Å²) in [6.45, 7) is 5.91. The largest absolute Gasteiger partial charge is 0.457 e. The summed E-state index contributed by atoms with van der Waals surface area (Å²) in [5.74, 6) is 2.27. The van der Waals surface area contributed by atoms with Crippen LogP contribution in [0.5, 0.6) is 23.0 Å². The maximum Gasteiger partial charge on any atom is 0.261 e. The van der Waals surface area contributed by atoms with E-state index in [2.05, 4.69) is 0 Å². The molecular weight excluding hydrogens is 805 g/mol. The molecule has 0 saturated heterocycles. The number of hydrogen-bond acceptors (Lipinski definition) is 8. The Morgan fingerprint density at radius 1 is 0.407 bits per heavy atom. The summed E-state index contributed by atoms with van der Waals surface area (Å²) >= 11 is 0.